The summed E-state index contributed by atoms with van der Waals surface area (Å²) >= 11 is 0. The number of anilines is 2. The van der Waals surface area contributed by atoms with Gasteiger partial charge in [-0.1, -0.05) is 18.2 Å². The lowest BCUT2D eigenvalue weighted by Crippen LogP contribution is -2.36. The van der Waals surface area contributed by atoms with Crippen molar-refractivity contribution in [2.75, 3.05) is 17.4 Å². The highest BCUT2D eigenvalue weighted by molar-refractivity contribution is 6.28. The van der Waals surface area contributed by atoms with Gasteiger partial charge in [0.05, 0.1) is 36.0 Å². The van der Waals surface area contributed by atoms with Gasteiger partial charge in [0.2, 0.25) is 5.91 Å². The molecule has 2 aromatic carbocycles. The Morgan fingerprint density at radius 2 is 1.91 bits per heavy atom. The van der Waals surface area contributed by atoms with Gasteiger partial charge in [0.1, 0.15) is 0 Å². The van der Waals surface area contributed by atoms with Crippen molar-refractivity contribution in [2.45, 2.75) is 6.92 Å². The van der Waals surface area contributed by atoms with Gasteiger partial charge < -0.3 is 10.1 Å². The van der Waals surface area contributed by atoms with Crippen LogP contribution in [0.15, 0.2) is 72.2 Å². The molecule has 1 unspecified atom stereocenters. The number of methoxy groups -OCH3 is 1. The van der Waals surface area contributed by atoms with E-state index in [1.165, 1.54) is 13.2 Å². The molecule has 1 aliphatic heterocycles. The first-order valence-corrected chi connectivity index (χ1v) is 9.72. The summed E-state index contributed by atoms with van der Waals surface area (Å²) in [6, 6.07) is 13.4. The van der Waals surface area contributed by atoms with Crippen molar-refractivity contribution in [1.82, 2.24) is 9.97 Å². The van der Waals surface area contributed by atoms with Gasteiger partial charge >= 0.3 is 5.97 Å². The molecule has 0 bridgehead atoms. The van der Waals surface area contributed by atoms with Gasteiger partial charge in [-0.2, -0.15) is 10.1 Å². The molecule has 0 aliphatic carbocycles. The minimum atomic E-state index is -1.09. The van der Waals surface area contributed by atoms with Crippen molar-refractivity contribution in [3.8, 4) is 11.3 Å². The third-order valence-electron chi connectivity index (χ3n) is 4.89. The van der Waals surface area contributed by atoms with E-state index in [4.69, 9.17) is 4.74 Å². The molecule has 3 aromatic rings. The highest BCUT2D eigenvalue weighted by Gasteiger charge is 2.40. The van der Waals surface area contributed by atoms with Crippen LogP contribution in [0.4, 0.5) is 11.4 Å². The lowest BCUT2D eigenvalue weighted by atomic mass is 10.0. The van der Waals surface area contributed by atoms with Gasteiger partial charge in [0.25, 0.3) is 5.91 Å². The number of hydrogen-bond donors (Lipinski definition) is 1. The number of carbonyl (C=O) groups excluding carboxylic acids is 3. The van der Waals surface area contributed by atoms with Crippen LogP contribution in [0, 0.1) is 5.92 Å². The van der Waals surface area contributed by atoms with E-state index in [-0.39, 0.29) is 5.56 Å². The van der Waals surface area contributed by atoms with Gasteiger partial charge in [0, 0.05) is 23.6 Å². The first-order valence-electron chi connectivity index (χ1n) is 9.72. The van der Waals surface area contributed by atoms with Crippen LogP contribution in [0.2, 0.25) is 0 Å². The number of benzene rings is 2. The van der Waals surface area contributed by atoms with Gasteiger partial charge in [0.15, 0.2) is 5.92 Å². The van der Waals surface area contributed by atoms with Crippen molar-refractivity contribution in [2.24, 2.45) is 11.0 Å². The van der Waals surface area contributed by atoms with Crippen LogP contribution in [0.1, 0.15) is 17.3 Å². The molecule has 32 heavy (non-hydrogen) atoms. The molecule has 1 aliphatic rings. The quantitative estimate of drug-likeness (QED) is 0.493. The molecule has 2 heterocycles. The summed E-state index contributed by atoms with van der Waals surface area (Å²) in [5, 5.41) is 8.15. The maximum absolute atomic E-state index is 13.0. The van der Waals surface area contributed by atoms with Crippen LogP contribution in [-0.4, -0.2) is 40.6 Å². The summed E-state index contributed by atoms with van der Waals surface area (Å²) in [7, 11) is 1.28. The molecule has 4 rings (SSSR count). The van der Waals surface area contributed by atoms with E-state index in [0.29, 0.717) is 22.8 Å². The Bertz CT molecular complexity index is 1230. The van der Waals surface area contributed by atoms with Crippen molar-refractivity contribution < 1.29 is 19.1 Å². The average molecular weight is 429 g/mol. The molecule has 0 fully saturated rings. The Balaban J connectivity index is 1.53. The van der Waals surface area contributed by atoms with E-state index in [1.54, 1.807) is 61.9 Å². The topological polar surface area (TPSA) is 114 Å². The number of amides is 2. The molecule has 2 amide bonds. The van der Waals surface area contributed by atoms with Crippen molar-refractivity contribution in [1.29, 1.82) is 0 Å². The third kappa shape index (κ3) is 4.08. The molecule has 0 radical (unpaired) electrons. The molecule has 160 valence electrons. The minimum Gasteiger partial charge on any atom is -0.465 e. The van der Waals surface area contributed by atoms with Crippen LogP contribution in [0.5, 0.6) is 0 Å². The zero-order chi connectivity index (χ0) is 22.7. The predicted molar refractivity (Wildman–Crippen MR) is 118 cm³/mol. The standard InChI is InChI=1S/C23H19N5O4/c1-14-20(22(30)28(27-14)18-8-4-6-16(12-18)23(31)32-2)21(29)26-17-7-3-5-15(11-17)19-13-24-9-10-25-19/h3-13,20H,1-2H3,(H,26,29). The zero-order valence-electron chi connectivity index (χ0n) is 17.4. The van der Waals surface area contributed by atoms with E-state index < -0.39 is 23.7 Å². The maximum Gasteiger partial charge on any atom is 0.337 e. The van der Waals surface area contributed by atoms with Crippen LogP contribution in [-0.2, 0) is 14.3 Å². The first kappa shape index (κ1) is 20.9. The monoisotopic (exact) mass is 429 g/mol. The Kier molecular flexibility index (Phi) is 5.71. The van der Waals surface area contributed by atoms with E-state index >= 15 is 0 Å². The van der Waals surface area contributed by atoms with Crippen LogP contribution >= 0.6 is 0 Å². The number of nitrogens with one attached hydrogen (secondary N) is 1. The SMILES string of the molecule is COC(=O)c1cccc(N2N=C(C)C(C(=O)Nc3cccc(-c4cnccn4)c3)C2=O)c1. The van der Waals surface area contributed by atoms with Crippen molar-refractivity contribution in [3.63, 3.8) is 0 Å². The second-order valence-electron chi connectivity index (χ2n) is 7.03. The Labute approximate surface area is 183 Å². The number of hydrogen-bond acceptors (Lipinski definition) is 7. The van der Waals surface area contributed by atoms with Crippen LogP contribution in [0.3, 0.4) is 0 Å². The largest absolute Gasteiger partial charge is 0.465 e. The normalized spacial score (nSPS) is 15.3. The first-order chi connectivity index (χ1) is 15.5. The van der Waals surface area contributed by atoms with Crippen molar-refractivity contribution in [3.05, 3.63) is 72.7 Å². The number of rotatable bonds is 5. The molecule has 1 atom stereocenters. The summed E-state index contributed by atoms with van der Waals surface area (Å²) in [4.78, 5) is 46.0. The number of aromatic nitrogens is 2. The van der Waals surface area contributed by atoms with Gasteiger partial charge in [-0.25, -0.2) is 4.79 Å². The molecular formula is C23H19N5O4. The molecule has 0 spiro atoms. The maximum atomic E-state index is 13.0. The van der Waals surface area contributed by atoms with E-state index in [9.17, 15) is 14.4 Å². The third-order valence-corrected chi connectivity index (χ3v) is 4.89. The number of esters is 1. The summed E-state index contributed by atoms with van der Waals surface area (Å²) in [5.74, 6) is -2.63. The molecule has 9 nitrogen and oxygen atoms in total. The lowest BCUT2D eigenvalue weighted by molar-refractivity contribution is -0.127. The molecule has 0 saturated carbocycles. The number of nitrogens with zero attached hydrogens (tertiary/aromatic N) is 4. The smallest absolute Gasteiger partial charge is 0.337 e. The second kappa shape index (κ2) is 8.76. The number of hydrazone groups is 1. The van der Waals surface area contributed by atoms with Gasteiger partial charge in [-0.15, -0.1) is 0 Å². The Morgan fingerprint density at radius 3 is 2.66 bits per heavy atom. The fourth-order valence-corrected chi connectivity index (χ4v) is 3.35. The Morgan fingerprint density at radius 1 is 1.09 bits per heavy atom. The zero-order valence-corrected chi connectivity index (χ0v) is 17.4. The van der Waals surface area contributed by atoms with Crippen molar-refractivity contribution >= 4 is 34.9 Å². The summed E-state index contributed by atoms with van der Waals surface area (Å²) in [6.07, 6.45) is 4.79. The van der Waals surface area contributed by atoms with E-state index in [0.717, 1.165) is 10.6 Å². The molecule has 9 heteroatoms. The Hall–Kier alpha value is -4.40. The molecule has 0 saturated heterocycles. The van der Waals surface area contributed by atoms with Gasteiger partial charge in [-0.05, 0) is 37.3 Å². The van der Waals surface area contributed by atoms with Crippen LogP contribution < -0.4 is 10.3 Å². The summed E-state index contributed by atoms with van der Waals surface area (Å²) < 4.78 is 4.72. The summed E-state index contributed by atoms with van der Waals surface area (Å²) in [6.45, 7) is 1.61. The fraction of sp³-hybridized carbons (Fsp3) is 0.130. The highest BCUT2D eigenvalue weighted by atomic mass is 16.5. The van der Waals surface area contributed by atoms with E-state index in [2.05, 4.69) is 20.4 Å². The lowest BCUT2D eigenvalue weighted by Gasteiger charge is -2.15. The number of ether oxygens (including phenoxy) is 1. The second-order valence-corrected chi connectivity index (χ2v) is 7.03. The molecular weight excluding hydrogens is 410 g/mol. The molecule has 1 N–H and O–H groups in total. The minimum absolute atomic E-state index is 0.277. The average Bonchev–Trinajstić information content (AvgIpc) is 3.13. The van der Waals surface area contributed by atoms with Gasteiger partial charge in [-0.3, -0.25) is 19.6 Å². The highest BCUT2D eigenvalue weighted by Crippen LogP contribution is 2.27. The molecule has 1 aromatic heterocycles. The number of carbonyl (C=O) groups is 3. The predicted octanol–water partition coefficient (Wildman–Crippen LogP) is 2.91. The van der Waals surface area contributed by atoms with Crippen LogP contribution in [0.25, 0.3) is 11.3 Å². The summed E-state index contributed by atoms with van der Waals surface area (Å²) in [5.41, 5.74) is 2.96. The van der Waals surface area contributed by atoms with E-state index in [1.807, 2.05) is 6.07 Å². The fourth-order valence-electron chi connectivity index (χ4n) is 3.35.